The average molecular weight is 280 g/mol. The number of amides is 2. The summed E-state index contributed by atoms with van der Waals surface area (Å²) in [6.45, 7) is 0. The molecule has 0 saturated carbocycles. The number of rotatable bonds is 2. The molecule has 2 aliphatic rings. The van der Waals surface area contributed by atoms with Crippen LogP contribution in [0.4, 0.5) is 5.69 Å². The summed E-state index contributed by atoms with van der Waals surface area (Å²) in [5.74, 6) is -0.525. The predicted octanol–water partition coefficient (Wildman–Crippen LogP) is 1.83. The van der Waals surface area contributed by atoms with E-state index in [2.05, 4.69) is 5.32 Å². The van der Waals surface area contributed by atoms with Crippen LogP contribution in [0.3, 0.4) is 0 Å². The van der Waals surface area contributed by atoms with Crippen molar-refractivity contribution in [2.45, 2.75) is 6.42 Å². The van der Waals surface area contributed by atoms with Gasteiger partial charge in [-0.2, -0.15) is 4.74 Å². The molecular formula is C16H12N2O3. The van der Waals surface area contributed by atoms with Gasteiger partial charge < -0.3 is 5.21 Å². The molecule has 1 aromatic rings. The van der Waals surface area contributed by atoms with Crippen molar-refractivity contribution in [2.24, 2.45) is 0 Å². The first kappa shape index (κ1) is 13.1. The summed E-state index contributed by atoms with van der Waals surface area (Å²) < 4.78 is 0.850. The second-order valence-electron chi connectivity index (χ2n) is 4.66. The Hall–Kier alpha value is -2.95. The van der Waals surface area contributed by atoms with Crippen molar-refractivity contribution in [3.63, 3.8) is 0 Å². The third kappa shape index (κ3) is 2.18. The van der Waals surface area contributed by atoms with Crippen LogP contribution >= 0.6 is 0 Å². The molecule has 0 unspecified atom stereocenters. The molecule has 0 aromatic heterocycles. The quantitative estimate of drug-likeness (QED) is 0.510. The molecule has 1 N–H and O–H groups in total. The van der Waals surface area contributed by atoms with Crippen molar-refractivity contribution in [3.05, 3.63) is 64.9 Å². The number of allylic oxidation sites excluding steroid dienone is 5. The first-order valence-corrected chi connectivity index (χ1v) is 6.48. The third-order valence-electron chi connectivity index (χ3n) is 3.45. The van der Waals surface area contributed by atoms with E-state index in [9.17, 15) is 14.8 Å². The van der Waals surface area contributed by atoms with Gasteiger partial charge in [-0.15, -0.1) is 0 Å². The van der Waals surface area contributed by atoms with Crippen LogP contribution in [0, 0.1) is 5.21 Å². The number of fused-ring (bicyclic) bond motifs is 2. The van der Waals surface area contributed by atoms with Gasteiger partial charge in [-0.25, -0.2) is 0 Å². The number of carbonyl (C=O) groups is 2. The summed E-state index contributed by atoms with van der Waals surface area (Å²) >= 11 is 0. The smallest absolute Gasteiger partial charge is 0.258 e. The summed E-state index contributed by atoms with van der Waals surface area (Å²) in [5.41, 5.74) is 2.47. The molecule has 1 heterocycles. The SMILES string of the molecule is O=CNC(=O)C1=CC2=CC=CCC2=[N+]([O-])c2ccccc21. The van der Waals surface area contributed by atoms with Crippen molar-refractivity contribution in [1.29, 1.82) is 0 Å². The number of hydrogen-bond donors (Lipinski definition) is 1. The van der Waals surface area contributed by atoms with Gasteiger partial charge in [0.15, 0.2) is 0 Å². The standard InChI is InChI=1S/C16H12N2O3/c19-10-17-16(20)13-9-11-5-1-3-7-14(11)18(21)15-8-4-2-6-12(13)15/h1-6,8-10H,7H2,(H,17,19,20). The molecule has 3 rings (SSSR count). The van der Waals surface area contributed by atoms with Crippen LogP contribution in [-0.4, -0.2) is 22.8 Å². The highest BCUT2D eigenvalue weighted by Gasteiger charge is 2.28. The van der Waals surface area contributed by atoms with Crippen LogP contribution in [0.1, 0.15) is 12.0 Å². The van der Waals surface area contributed by atoms with E-state index in [-0.39, 0.29) is 0 Å². The average Bonchev–Trinajstić information content (AvgIpc) is 2.64. The molecule has 0 atom stereocenters. The molecule has 104 valence electrons. The molecule has 0 fully saturated rings. The summed E-state index contributed by atoms with van der Waals surface area (Å²) in [7, 11) is 0. The fourth-order valence-corrected chi connectivity index (χ4v) is 2.47. The number of para-hydroxylation sites is 1. The Balaban J connectivity index is 2.26. The largest absolute Gasteiger partial charge is 0.618 e. The lowest BCUT2D eigenvalue weighted by molar-refractivity contribution is -0.361. The Kier molecular flexibility index (Phi) is 3.23. The van der Waals surface area contributed by atoms with Crippen LogP contribution in [0.5, 0.6) is 0 Å². The molecular weight excluding hydrogens is 268 g/mol. The van der Waals surface area contributed by atoms with Crippen LogP contribution in [0.2, 0.25) is 0 Å². The van der Waals surface area contributed by atoms with Gasteiger partial charge >= 0.3 is 0 Å². The van der Waals surface area contributed by atoms with Gasteiger partial charge in [-0.05, 0) is 18.2 Å². The van der Waals surface area contributed by atoms with E-state index in [1.54, 1.807) is 36.4 Å². The number of carbonyl (C=O) groups excluding carboxylic acids is 2. The molecule has 0 saturated heterocycles. The van der Waals surface area contributed by atoms with Crippen molar-refractivity contribution in [3.8, 4) is 0 Å². The van der Waals surface area contributed by atoms with Crippen LogP contribution < -0.4 is 5.32 Å². The summed E-state index contributed by atoms with van der Waals surface area (Å²) in [6.07, 6.45) is 8.00. The van der Waals surface area contributed by atoms with Gasteiger partial charge in [0.1, 0.15) is 0 Å². The van der Waals surface area contributed by atoms with Crippen molar-refractivity contribution in [1.82, 2.24) is 5.32 Å². The number of benzene rings is 1. The Labute approximate surface area is 121 Å². The topological polar surface area (TPSA) is 72.2 Å². The first-order valence-electron chi connectivity index (χ1n) is 6.48. The van der Waals surface area contributed by atoms with Gasteiger partial charge in [-0.3, -0.25) is 14.9 Å². The monoisotopic (exact) mass is 280 g/mol. The lowest BCUT2D eigenvalue weighted by Crippen LogP contribution is -2.22. The zero-order chi connectivity index (χ0) is 14.8. The van der Waals surface area contributed by atoms with E-state index in [1.807, 2.05) is 12.2 Å². The Bertz CT molecular complexity index is 755. The second kappa shape index (κ2) is 5.20. The highest BCUT2D eigenvalue weighted by Crippen LogP contribution is 2.32. The van der Waals surface area contributed by atoms with E-state index in [1.165, 1.54) is 0 Å². The molecule has 5 heteroatoms. The lowest BCUT2D eigenvalue weighted by Gasteiger charge is -2.11. The molecule has 1 aromatic carbocycles. The fourth-order valence-electron chi connectivity index (χ4n) is 2.47. The Morgan fingerprint density at radius 3 is 2.95 bits per heavy atom. The summed E-state index contributed by atoms with van der Waals surface area (Å²) in [4.78, 5) is 22.6. The van der Waals surface area contributed by atoms with Gasteiger partial charge in [0.2, 0.25) is 17.8 Å². The first-order chi connectivity index (χ1) is 10.2. The Morgan fingerprint density at radius 1 is 1.33 bits per heavy atom. The fraction of sp³-hybridized carbons (Fsp3) is 0.0625. The predicted molar refractivity (Wildman–Crippen MR) is 78.8 cm³/mol. The summed E-state index contributed by atoms with van der Waals surface area (Å²) in [5, 5.41) is 14.7. The highest BCUT2D eigenvalue weighted by molar-refractivity contribution is 6.25. The Morgan fingerprint density at radius 2 is 2.14 bits per heavy atom. The van der Waals surface area contributed by atoms with Crippen LogP contribution in [-0.2, 0) is 9.59 Å². The maximum atomic E-state index is 12.6. The van der Waals surface area contributed by atoms with Crippen molar-refractivity contribution in [2.75, 3.05) is 0 Å². The minimum atomic E-state index is -0.525. The molecule has 1 aliphatic heterocycles. The third-order valence-corrected chi connectivity index (χ3v) is 3.45. The zero-order valence-corrected chi connectivity index (χ0v) is 11.1. The minimum absolute atomic E-state index is 0.301. The van der Waals surface area contributed by atoms with Crippen LogP contribution in [0.15, 0.2) is 54.1 Å². The number of imide groups is 1. The van der Waals surface area contributed by atoms with E-state index in [0.717, 1.165) is 4.74 Å². The minimum Gasteiger partial charge on any atom is -0.618 e. The zero-order valence-electron chi connectivity index (χ0n) is 11.1. The van der Waals surface area contributed by atoms with Gasteiger partial charge in [-0.1, -0.05) is 24.3 Å². The van der Waals surface area contributed by atoms with Crippen LogP contribution in [0.25, 0.3) is 5.57 Å². The van der Waals surface area contributed by atoms with Crippen molar-refractivity contribution >= 4 is 29.3 Å². The molecule has 0 spiro atoms. The summed E-state index contributed by atoms with van der Waals surface area (Å²) in [6, 6.07) is 6.86. The van der Waals surface area contributed by atoms with Crippen molar-refractivity contribution < 1.29 is 14.3 Å². The number of hydrogen-bond acceptors (Lipinski definition) is 3. The van der Waals surface area contributed by atoms with E-state index in [0.29, 0.717) is 40.9 Å². The maximum absolute atomic E-state index is 12.6. The lowest BCUT2D eigenvalue weighted by atomic mass is 9.98. The number of nitrogens with one attached hydrogen (secondary N) is 1. The van der Waals surface area contributed by atoms with E-state index < -0.39 is 5.91 Å². The van der Waals surface area contributed by atoms with E-state index in [4.69, 9.17) is 0 Å². The molecule has 0 radical (unpaired) electrons. The van der Waals surface area contributed by atoms with Gasteiger partial charge in [0, 0.05) is 11.6 Å². The molecule has 1 aliphatic carbocycles. The molecule has 0 bridgehead atoms. The highest BCUT2D eigenvalue weighted by atomic mass is 16.5. The second-order valence-corrected chi connectivity index (χ2v) is 4.66. The number of nitrogens with zero attached hydrogens (tertiary/aromatic N) is 1. The normalized spacial score (nSPS) is 16.2. The maximum Gasteiger partial charge on any atom is 0.258 e. The van der Waals surface area contributed by atoms with Gasteiger partial charge in [0.05, 0.1) is 17.6 Å². The molecule has 2 amide bonds. The molecule has 5 nitrogen and oxygen atoms in total. The van der Waals surface area contributed by atoms with E-state index >= 15 is 0 Å². The molecule has 21 heavy (non-hydrogen) atoms. The van der Waals surface area contributed by atoms with Gasteiger partial charge in [0.25, 0.3) is 5.91 Å².